The zero-order valence-corrected chi connectivity index (χ0v) is 10.1. The number of aliphatic hydroxyl groups excluding tert-OH is 1. The molecule has 3 rings (SSSR count). The topological polar surface area (TPSA) is 72.0 Å². The van der Waals surface area contributed by atoms with Crippen LogP contribution in [-0.4, -0.2) is 26.4 Å². The lowest BCUT2D eigenvalue weighted by atomic mass is 10.1. The molecule has 0 bridgehead atoms. The highest BCUT2D eigenvalue weighted by Gasteiger charge is 2.39. The lowest BCUT2D eigenvalue weighted by Gasteiger charge is -2.14. The summed E-state index contributed by atoms with van der Waals surface area (Å²) in [6.07, 6.45) is -4.29. The Hall–Kier alpha value is -1.96. The molecule has 0 radical (unpaired) electrons. The molecular weight excluding hydrogens is 275 g/mol. The first-order valence-electron chi connectivity index (χ1n) is 6.00. The number of nitrogens with zero attached hydrogens (tertiary/aromatic N) is 3. The summed E-state index contributed by atoms with van der Waals surface area (Å²) >= 11 is 0. The monoisotopic (exact) mass is 285 g/mol. The minimum atomic E-state index is -4.71. The predicted octanol–water partition coefficient (Wildman–Crippen LogP) is 2.60. The second-order valence-corrected chi connectivity index (χ2v) is 4.65. The predicted molar refractivity (Wildman–Crippen MR) is 60.5 cm³/mol. The first kappa shape index (κ1) is 13.0. The molecule has 106 valence electrons. The van der Waals surface area contributed by atoms with Crippen LogP contribution in [-0.2, 0) is 0 Å². The van der Waals surface area contributed by atoms with Crippen molar-refractivity contribution < 1.29 is 22.8 Å². The molecule has 1 atom stereocenters. The summed E-state index contributed by atoms with van der Waals surface area (Å²) in [5.74, 6) is 1.06. The smallest absolute Gasteiger partial charge is 0.379 e. The fourth-order valence-electron chi connectivity index (χ4n) is 1.72. The molecule has 1 aliphatic rings. The van der Waals surface area contributed by atoms with Gasteiger partial charge in [0.25, 0.3) is 0 Å². The fourth-order valence-corrected chi connectivity index (χ4v) is 1.72. The highest BCUT2D eigenvalue weighted by Crippen LogP contribution is 2.39. The van der Waals surface area contributed by atoms with E-state index in [0.29, 0.717) is 17.5 Å². The first-order valence-corrected chi connectivity index (χ1v) is 6.00. The van der Waals surface area contributed by atoms with Crippen molar-refractivity contribution in [2.45, 2.75) is 31.0 Å². The maximum absolute atomic E-state index is 12.3. The van der Waals surface area contributed by atoms with Gasteiger partial charge in [0.1, 0.15) is 5.69 Å². The van der Waals surface area contributed by atoms with Crippen LogP contribution in [0.15, 0.2) is 22.9 Å². The van der Waals surface area contributed by atoms with Gasteiger partial charge in [0.15, 0.2) is 6.10 Å². The summed E-state index contributed by atoms with van der Waals surface area (Å²) in [4.78, 5) is 7.97. The molecule has 2 aromatic rings. The second kappa shape index (κ2) is 4.55. The molecule has 2 aromatic heterocycles. The summed E-state index contributed by atoms with van der Waals surface area (Å²) < 4.78 is 42.1. The van der Waals surface area contributed by atoms with E-state index < -0.39 is 12.3 Å². The van der Waals surface area contributed by atoms with Crippen molar-refractivity contribution in [2.24, 2.45) is 0 Å². The average Bonchev–Trinajstić information content (AvgIpc) is 3.15. The zero-order valence-electron chi connectivity index (χ0n) is 10.1. The van der Waals surface area contributed by atoms with Crippen molar-refractivity contribution in [1.29, 1.82) is 0 Å². The van der Waals surface area contributed by atoms with Crippen LogP contribution in [0.5, 0.6) is 0 Å². The molecule has 0 spiro atoms. The maximum atomic E-state index is 12.3. The molecule has 20 heavy (non-hydrogen) atoms. The number of hydrogen-bond donors (Lipinski definition) is 1. The molecule has 1 aliphatic carbocycles. The van der Waals surface area contributed by atoms with Crippen molar-refractivity contribution in [3.8, 4) is 11.5 Å². The van der Waals surface area contributed by atoms with E-state index >= 15 is 0 Å². The van der Waals surface area contributed by atoms with E-state index in [9.17, 15) is 13.2 Å². The van der Waals surface area contributed by atoms with Gasteiger partial charge < -0.3 is 9.63 Å². The third kappa shape index (κ3) is 2.51. The highest BCUT2D eigenvalue weighted by molar-refractivity contribution is 5.48. The lowest BCUT2D eigenvalue weighted by Crippen LogP contribution is -2.20. The Labute approximate surface area is 111 Å². The van der Waals surface area contributed by atoms with E-state index in [0.717, 1.165) is 25.1 Å². The van der Waals surface area contributed by atoms with Crippen molar-refractivity contribution in [3.63, 3.8) is 0 Å². The normalized spacial score (nSPS) is 17.2. The molecule has 5 nitrogen and oxygen atoms in total. The van der Waals surface area contributed by atoms with E-state index in [1.807, 2.05) is 0 Å². The van der Waals surface area contributed by atoms with Gasteiger partial charge in [0, 0.05) is 17.7 Å². The third-order valence-electron chi connectivity index (χ3n) is 3.01. The minimum Gasteiger partial charge on any atom is -0.379 e. The molecule has 0 amide bonds. The van der Waals surface area contributed by atoms with Crippen LogP contribution < -0.4 is 0 Å². The van der Waals surface area contributed by atoms with Gasteiger partial charge in [0.2, 0.25) is 11.7 Å². The van der Waals surface area contributed by atoms with Gasteiger partial charge in [-0.15, -0.1) is 0 Å². The molecule has 0 aliphatic heterocycles. The van der Waals surface area contributed by atoms with Crippen LogP contribution in [0.3, 0.4) is 0 Å². The van der Waals surface area contributed by atoms with E-state index in [2.05, 4.69) is 15.1 Å². The number of halogens is 3. The molecule has 1 unspecified atom stereocenters. The van der Waals surface area contributed by atoms with Crippen molar-refractivity contribution >= 4 is 0 Å². The number of alkyl halides is 3. The van der Waals surface area contributed by atoms with Gasteiger partial charge in [-0.1, -0.05) is 11.2 Å². The Kier molecular flexibility index (Phi) is 2.97. The zero-order chi connectivity index (χ0) is 14.3. The fraction of sp³-hybridized carbons (Fsp3) is 0.417. The number of aromatic nitrogens is 3. The van der Waals surface area contributed by atoms with Crippen LogP contribution in [0, 0.1) is 0 Å². The Bertz CT molecular complexity index is 605. The van der Waals surface area contributed by atoms with Gasteiger partial charge in [-0.25, -0.2) is 0 Å². The quantitative estimate of drug-likeness (QED) is 0.938. The van der Waals surface area contributed by atoms with Crippen LogP contribution in [0.25, 0.3) is 11.5 Å². The summed E-state index contributed by atoms with van der Waals surface area (Å²) in [5.41, 5.74) is -0.0223. The van der Waals surface area contributed by atoms with Crippen LogP contribution in [0.1, 0.15) is 36.3 Å². The molecule has 2 heterocycles. The summed E-state index contributed by atoms with van der Waals surface area (Å²) in [6.45, 7) is 0. The number of hydrogen-bond acceptors (Lipinski definition) is 5. The summed E-state index contributed by atoms with van der Waals surface area (Å²) in [5, 5.41) is 12.8. The SMILES string of the molecule is OC(c1ccc(-c2noc(C3CC3)n2)nc1)C(F)(F)F. The highest BCUT2D eigenvalue weighted by atomic mass is 19.4. The Morgan fingerprint density at radius 3 is 2.60 bits per heavy atom. The molecule has 1 saturated carbocycles. The summed E-state index contributed by atoms with van der Waals surface area (Å²) in [6, 6.07) is 2.47. The third-order valence-corrected chi connectivity index (χ3v) is 3.01. The molecule has 1 fully saturated rings. The molecule has 0 saturated heterocycles. The van der Waals surface area contributed by atoms with Crippen LogP contribution >= 0.6 is 0 Å². The largest absolute Gasteiger partial charge is 0.418 e. The van der Waals surface area contributed by atoms with Crippen LogP contribution in [0.4, 0.5) is 13.2 Å². The molecular formula is C12H10F3N3O2. The summed E-state index contributed by atoms with van der Waals surface area (Å²) in [7, 11) is 0. The maximum Gasteiger partial charge on any atom is 0.418 e. The average molecular weight is 285 g/mol. The van der Waals surface area contributed by atoms with Crippen LogP contribution in [0.2, 0.25) is 0 Å². The molecule has 8 heteroatoms. The van der Waals surface area contributed by atoms with E-state index in [1.165, 1.54) is 6.07 Å². The number of pyridine rings is 1. The Morgan fingerprint density at radius 2 is 2.05 bits per heavy atom. The van der Waals surface area contributed by atoms with E-state index in [1.54, 1.807) is 0 Å². The van der Waals surface area contributed by atoms with Crippen molar-refractivity contribution in [3.05, 3.63) is 29.8 Å². The number of aliphatic hydroxyl groups is 1. The van der Waals surface area contributed by atoms with Gasteiger partial charge >= 0.3 is 6.18 Å². The number of rotatable bonds is 3. The standard InChI is InChI=1S/C12H10F3N3O2/c13-12(14,15)9(19)7-3-4-8(16-5-7)10-17-11(20-18-10)6-1-2-6/h3-6,9,19H,1-2H2. The minimum absolute atomic E-state index is 0.236. The lowest BCUT2D eigenvalue weighted by molar-refractivity contribution is -0.206. The van der Waals surface area contributed by atoms with E-state index in [-0.39, 0.29) is 11.4 Å². The van der Waals surface area contributed by atoms with Gasteiger partial charge in [-0.05, 0) is 18.9 Å². The van der Waals surface area contributed by atoms with Crippen molar-refractivity contribution in [1.82, 2.24) is 15.1 Å². The molecule has 0 aromatic carbocycles. The Balaban J connectivity index is 1.81. The first-order chi connectivity index (χ1) is 9.45. The van der Waals surface area contributed by atoms with Gasteiger partial charge in [-0.3, -0.25) is 4.98 Å². The molecule has 1 N–H and O–H groups in total. The Morgan fingerprint density at radius 1 is 1.30 bits per heavy atom. The van der Waals surface area contributed by atoms with Crippen molar-refractivity contribution in [2.75, 3.05) is 0 Å². The second-order valence-electron chi connectivity index (χ2n) is 4.65. The van der Waals surface area contributed by atoms with Gasteiger partial charge in [-0.2, -0.15) is 18.2 Å². The van der Waals surface area contributed by atoms with Gasteiger partial charge in [0.05, 0.1) is 0 Å². The van der Waals surface area contributed by atoms with E-state index in [4.69, 9.17) is 9.63 Å².